The lowest BCUT2D eigenvalue weighted by Crippen LogP contribution is -2.56. The van der Waals surface area contributed by atoms with Gasteiger partial charge in [0.15, 0.2) is 0 Å². The van der Waals surface area contributed by atoms with E-state index in [1.807, 2.05) is 0 Å². The van der Waals surface area contributed by atoms with Crippen molar-refractivity contribution < 1.29 is 19.0 Å². The summed E-state index contributed by atoms with van der Waals surface area (Å²) in [5.74, 6) is -2.52. The van der Waals surface area contributed by atoms with Crippen LogP contribution in [-0.4, -0.2) is 28.8 Å². The molecule has 2 rings (SSSR count). The molecule has 1 fully saturated rings. The lowest BCUT2D eigenvalue weighted by molar-refractivity contribution is -0.153. The van der Waals surface area contributed by atoms with Gasteiger partial charge < -0.3 is 15.6 Å². The highest BCUT2D eigenvalue weighted by Crippen LogP contribution is 2.37. The predicted octanol–water partition coefficient (Wildman–Crippen LogP) is 1.19. The number of nitrogens with zero attached hydrogens (tertiary/aromatic N) is 1. The van der Waals surface area contributed by atoms with E-state index in [0.29, 0.717) is 5.69 Å². The summed E-state index contributed by atoms with van der Waals surface area (Å²) in [6.07, 6.45) is 1.12. The fourth-order valence-electron chi connectivity index (χ4n) is 2.48. The molecule has 1 aromatic heterocycles. The topological polar surface area (TPSA) is 85.4 Å². The van der Waals surface area contributed by atoms with E-state index in [2.05, 4.69) is 4.98 Å². The number of nitrogens with two attached hydrogens (primary N) is 1. The summed E-state index contributed by atoms with van der Waals surface area (Å²) < 4.78 is 19.4. The zero-order valence-electron chi connectivity index (χ0n) is 10.9. The minimum atomic E-state index is -1.36. The number of aryl methyl sites for hydroxylation is 1. The number of carboxylic acids is 1. The zero-order chi connectivity index (χ0) is 14.2. The van der Waals surface area contributed by atoms with Gasteiger partial charge in [0.05, 0.1) is 30.4 Å². The van der Waals surface area contributed by atoms with Crippen molar-refractivity contribution in [2.45, 2.75) is 31.9 Å². The van der Waals surface area contributed by atoms with Gasteiger partial charge in [-0.05, 0) is 26.3 Å². The third-order valence-electron chi connectivity index (χ3n) is 3.59. The molecular weight excluding hydrogens is 251 g/mol. The van der Waals surface area contributed by atoms with Gasteiger partial charge >= 0.3 is 5.97 Å². The van der Waals surface area contributed by atoms with Crippen molar-refractivity contribution in [1.29, 1.82) is 0 Å². The van der Waals surface area contributed by atoms with Crippen molar-refractivity contribution in [2.75, 3.05) is 6.61 Å². The van der Waals surface area contributed by atoms with Crippen LogP contribution in [0.5, 0.6) is 0 Å². The van der Waals surface area contributed by atoms with Gasteiger partial charge in [-0.1, -0.05) is 0 Å². The van der Waals surface area contributed by atoms with Crippen LogP contribution in [0.15, 0.2) is 12.3 Å². The van der Waals surface area contributed by atoms with Gasteiger partial charge in [0.25, 0.3) is 0 Å². The summed E-state index contributed by atoms with van der Waals surface area (Å²) in [4.78, 5) is 15.2. The third-order valence-corrected chi connectivity index (χ3v) is 3.59. The maximum absolute atomic E-state index is 13.9. The zero-order valence-corrected chi connectivity index (χ0v) is 10.9. The Labute approximate surface area is 110 Å². The number of pyridine rings is 1. The number of rotatable bonds is 2. The second-order valence-corrected chi connectivity index (χ2v) is 5.09. The second kappa shape index (κ2) is 4.86. The molecule has 19 heavy (non-hydrogen) atoms. The minimum absolute atomic E-state index is 0.0223. The van der Waals surface area contributed by atoms with Gasteiger partial charge in [-0.25, -0.2) is 4.39 Å². The van der Waals surface area contributed by atoms with Crippen molar-refractivity contribution in [2.24, 2.45) is 11.7 Å². The highest BCUT2D eigenvalue weighted by Gasteiger charge is 2.47. The van der Waals surface area contributed by atoms with Crippen molar-refractivity contribution in [1.82, 2.24) is 4.98 Å². The first-order valence-electron chi connectivity index (χ1n) is 6.10. The Morgan fingerprint density at radius 1 is 1.68 bits per heavy atom. The van der Waals surface area contributed by atoms with E-state index in [1.54, 1.807) is 13.8 Å². The molecule has 2 heterocycles. The molecule has 0 spiro atoms. The van der Waals surface area contributed by atoms with Gasteiger partial charge in [0.2, 0.25) is 0 Å². The van der Waals surface area contributed by atoms with E-state index in [9.17, 15) is 14.3 Å². The number of carbonyl (C=O) groups is 1. The lowest BCUT2D eigenvalue weighted by atomic mass is 9.75. The molecule has 5 nitrogen and oxygen atoms in total. The Bertz CT molecular complexity index is 509. The predicted molar refractivity (Wildman–Crippen MR) is 66.0 cm³/mol. The summed E-state index contributed by atoms with van der Waals surface area (Å²) in [5, 5.41) is 9.34. The normalized spacial score (nSPS) is 31.2. The molecule has 0 amide bonds. The van der Waals surface area contributed by atoms with E-state index in [-0.39, 0.29) is 24.7 Å². The van der Waals surface area contributed by atoms with E-state index < -0.39 is 23.2 Å². The fraction of sp³-hybridized carbons (Fsp3) is 0.538. The first-order chi connectivity index (χ1) is 8.84. The van der Waals surface area contributed by atoms with Crippen molar-refractivity contribution in [3.63, 3.8) is 0 Å². The van der Waals surface area contributed by atoms with Crippen LogP contribution < -0.4 is 5.73 Å². The van der Waals surface area contributed by atoms with E-state index in [0.717, 1.165) is 6.20 Å². The molecule has 104 valence electrons. The Morgan fingerprint density at radius 2 is 2.37 bits per heavy atom. The molecule has 3 atom stereocenters. The molecule has 0 aliphatic carbocycles. The number of ether oxygens (including phenoxy) is 1. The maximum Gasteiger partial charge on any atom is 0.308 e. The highest BCUT2D eigenvalue weighted by molar-refractivity contribution is 5.72. The molecule has 3 N–H and O–H groups in total. The summed E-state index contributed by atoms with van der Waals surface area (Å²) in [5.41, 5.74) is 5.56. The van der Waals surface area contributed by atoms with Gasteiger partial charge in [0, 0.05) is 11.3 Å². The van der Waals surface area contributed by atoms with Gasteiger partial charge in [0.1, 0.15) is 5.82 Å². The summed E-state index contributed by atoms with van der Waals surface area (Å²) >= 11 is 0. The fourth-order valence-corrected chi connectivity index (χ4v) is 2.48. The van der Waals surface area contributed by atoms with Gasteiger partial charge in [-0.2, -0.15) is 0 Å². The number of hydrogen-bond donors (Lipinski definition) is 2. The Balaban J connectivity index is 2.49. The molecule has 0 radical (unpaired) electrons. The number of halogens is 1. The van der Waals surface area contributed by atoms with Crippen molar-refractivity contribution in [3.05, 3.63) is 29.3 Å². The smallest absolute Gasteiger partial charge is 0.308 e. The summed E-state index contributed by atoms with van der Waals surface area (Å²) in [7, 11) is 0. The molecular formula is C13H17FN2O3. The summed E-state index contributed by atoms with van der Waals surface area (Å²) in [6, 6.07) is 1.49. The Hall–Kier alpha value is -1.53. The molecule has 0 bridgehead atoms. The van der Waals surface area contributed by atoms with Crippen LogP contribution in [0.3, 0.4) is 0 Å². The molecule has 0 unspecified atom stereocenters. The molecule has 0 aromatic carbocycles. The maximum atomic E-state index is 13.9. The second-order valence-electron chi connectivity index (χ2n) is 5.09. The van der Waals surface area contributed by atoms with Gasteiger partial charge in [-0.15, -0.1) is 0 Å². The first kappa shape index (κ1) is 13.9. The number of hydrogen-bond acceptors (Lipinski definition) is 4. The highest BCUT2D eigenvalue weighted by atomic mass is 19.1. The van der Waals surface area contributed by atoms with E-state index in [4.69, 9.17) is 10.5 Å². The van der Waals surface area contributed by atoms with Crippen LogP contribution >= 0.6 is 0 Å². The van der Waals surface area contributed by atoms with Crippen LogP contribution in [0.4, 0.5) is 4.39 Å². The largest absolute Gasteiger partial charge is 0.481 e. The molecule has 6 heteroatoms. The lowest BCUT2D eigenvalue weighted by Gasteiger charge is -2.41. The molecule has 1 saturated heterocycles. The van der Waals surface area contributed by atoms with E-state index >= 15 is 0 Å². The summed E-state index contributed by atoms with van der Waals surface area (Å²) in [6.45, 7) is 3.46. The van der Waals surface area contributed by atoms with E-state index in [1.165, 1.54) is 6.07 Å². The average Bonchev–Trinajstić information content (AvgIpc) is 2.35. The first-order valence-corrected chi connectivity index (χ1v) is 6.10. The van der Waals surface area contributed by atoms with Crippen LogP contribution in [-0.2, 0) is 15.1 Å². The minimum Gasteiger partial charge on any atom is -0.481 e. The standard InChI is InChI=1S/C13H17FN2O3/c1-7-3-9(11(14)5-16-7)13(15)6-19-8(2)4-10(13)12(17)18/h3,5,8,10H,4,6,15H2,1-2H3,(H,17,18)/t8-,10-,13+/m0/s1. The molecule has 0 saturated carbocycles. The van der Waals surface area contributed by atoms with Crippen LogP contribution in [0.2, 0.25) is 0 Å². The van der Waals surface area contributed by atoms with Crippen LogP contribution in [0, 0.1) is 18.7 Å². The van der Waals surface area contributed by atoms with Crippen LogP contribution in [0.25, 0.3) is 0 Å². The quantitative estimate of drug-likeness (QED) is 0.841. The average molecular weight is 268 g/mol. The SMILES string of the molecule is Cc1cc([C@]2(N)CO[C@@H](C)C[C@H]2C(=O)O)c(F)cn1. The Kier molecular flexibility index (Phi) is 3.56. The number of carboxylic acid groups (broad SMARTS) is 1. The number of aliphatic carboxylic acids is 1. The third kappa shape index (κ3) is 2.46. The Morgan fingerprint density at radius 3 is 3.00 bits per heavy atom. The molecule has 1 aliphatic rings. The number of aromatic nitrogens is 1. The van der Waals surface area contributed by atoms with Crippen molar-refractivity contribution in [3.8, 4) is 0 Å². The van der Waals surface area contributed by atoms with Crippen LogP contribution in [0.1, 0.15) is 24.6 Å². The molecule has 1 aromatic rings. The monoisotopic (exact) mass is 268 g/mol. The van der Waals surface area contributed by atoms with Gasteiger partial charge in [-0.3, -0.25) is 9.78 Å². The van der Waals surface area contributed by atoms with Crippen molar-refractivity contribution >= 4 is 5.97 Å². The molecule has 1 aliphatic heterocycles.